The lowest BCUT2D eigenvalue weighted by Gasteiger charge is -2.42. The Balaban J connectivity index is 2.30. The van der Waals surface area contributed by atoms with E-state index in [4.69, 9.17) is 0 Å². The summed E-state index contributed by atoms with van der Waals surface area (Å²) in [6.07, 6.45) is 4.04. The fourth-order valence-corrected chi connectivity index (χ4v) is 5.25. The summed E-state index contributed by atoms with van der Waals surface area (Å²) in [7, 11) is 0. The number of aryl methyl sites for hydroxylation is 2. The Kier molecular flexibility index (Phi) is 4.45. The second kappa shape index (κ2) is 5.60. The molecular formula is C18H27Br. The average molecular weight is 323 g/mol. The predicted octanol–water partition coefficient (Wildman–Crippen LogP) is 5.78. The van der Waals surface area contributed by atoms with Gasteiger partial charge in [-0.2, -0.15) is 0 Å². The van der Waals surface area contributed by atoms with Gasteiger partial charge in [0.1, 0.15) is 0 Å². The maximum absolute atomic E-state index is 3.97. The van der Waals surface area contributed by atoms with E-state index in [1.54, 1.807) is 0 Å². The molecule has 0 N–H and O–H groups in total. The van der Waals surface area contributed by atoms with E-state index in [2.05, 4.69) is 68.7 Å². The third kappa shape index (κ3) is 3.24. The van der Waals surface area contributed by atoms with Gasteiger partial charge in [-0.3, -0.25) is 0 Å². The normalized spacial score (nSPS) is 28.4. The van der Waals surface area contributed by atoms with Crippen molar-refractivity contribution in [3.05, 3.63) is 34.9 Å². The Bertz CT molecular complexity index is 427. The first kappa shape index (κ1) is 15.1. The maximum atomic E-state index is 3.97. The summed E-state index contributed by atoms with van der Waals surface area (Å²) in [5, 5.41) is 0. The molecule has 19 heavy (non-hydrogen) atoms. The second-order valence-electron chi connectivity index (χ2n) is 7.14. The van der Waals surface area contributed by atoms with Crippen molar-refractivity contribution < 1.29 is 0 Å². The average Bonchev–Trinajstić information content (AvgIpc) is 2.26. The van der Waals surface area contributed by atoms with Crippen LogP contribution in [0.3, 0.4) is 0 Å². The topological polar surface area (TPSA) is 0 Å². The van der Waals surface area contributed by atoms with E-state index >= 15 is 0 Å². The van der Waals surface area contributed by atoms with E-state index in [-0.39, 0.29) is 5.41 Å². The number of halogens is 1. The molecule has 0 saturated heterocycles. The summed E-state index contributed by atoms with van der Waals surface area (Å²) in [4.78, 5) is 0.659. The third-order valence-corrected chi connectivity index (χ3v) is 5.94. The van der Waals surface area contributed by atoms with Crippen LogP contribution in [0, 0.1) is 25.7 Å². The van der Waals surface area contributed by atoms with Crippen LogP contribution < -0.4 is 0 Å². The third-order valence-electron chi connectivity index (χ3n) is 4.93. The van der Waals surface area contributed by atoms with E-state index in [0.717, 1.165) is 11.8 Å². The Hall–Kier alpha value is -0.300. The van der Waals surface area contributed by atoms with Gasteiger partial charge >= 0.3 is 0 Å². The molecule has 0 nitrogen and oxygen atoms in total. The smallest absolute Gasteiger partial charge is 0.0184 e. The van der Waals surface area contributed by atoms with Crippen LogP contribution in [0.25, 0.3) is 0 Å². The number of benzene rings is 1. The first-order valence-electron chi connectivity index (χ1n) is 7.53. The zero-order chi connectivity index (χ0) is 14.2. The first-order chi connectivity index (χ1) is 8.80. The fourth-order valence-electron chi connectivity index (χ4n) is 3.69. The lowest BCUT2D eigenvalue weighted by atomic mass is 9.65. The molecule has 0 spiro atoms. The molecule has 1 aliphatic rings. The lowest BCUT2D eigenvalue weighted by molar-refractivity contribution is 0.214. The number of alkyl halides is 1. The summed E-state index contributed by atoms with van der Waals surface area (Å²) in [6, 6.07) is 7.03. The van der Waals surface area contributed by atoms with Gasteiger partial charge < -0.3 is 0 Å². The van der Waals surface area contributed by atoms with Gasteiger partial charge in [-0.15, -0.1) is 0 Å². The highest BCUT2D eigenvalue weighted by Crippen LogP contribution is 2.45. The summed E-state index contributed by atoms with van der Waals surface area (Å²) < 4.78 is 0. The maximum Gasteiger partial charge on any atom is 0.0184 e. The van der Waals surface area contributed by atoms with Gasteiger partial charge in [-0.1, -0.05) is 72.4 Å². The highest BCUT2D eigenvalue weighted by Gasteiger charge is 2.38. The summed E-state index contributed by atoms with van der Waals surface area (Å²) in [5.74, 6) is 1.61. The van der Waals surface area contributed by atoms with Crippen LogP contribution in [-0.2, 0) is 5.41 Å². The van der Waals surface area contributed by atoms with Crippen molar-refractivity contribution in [3.63, 3.8) is 0 Å². The quantitative estimate of drug-likeness (QED) is 0.605. The zero-order valence-electron chi connectivity index (χ0n) is 13.0. The van der Waals surface area contributed by atoms with Crippen LogP contribution in [0.4, 0.5) is 0 Å². The zero-order valence-corrected chi connectivity index (χ0v) is 14.5. The Morgan fingerprint density at radius 1 is 1.05 bits per heavy atom. The minimum Gasteiger partial charge on any atom is -0.0887 e. The van der Waals surface area contributed by atoms with Gasteiger partial charge in [0.2, 0.25) is 0 Å². The number of hydrogen-bond acceptors (Lipinski definition) is 0. The first-order valence-corrected chi connectivity index (χ1v) is 8.45. The van der Waals surface area contributed by atoms with E-state index in [1.807, 2.05) is 0 Å². The predicted molar refractivity (Wildman–Crippen MR) is 88.2 cm³/mol. The Morgan fingerprint density at radius 3 is 2.16 bits per heavy atom. The van der Waals surface area contributed by atoms with E-state index in [0.29, 0.717) is 4.83 Å². The van der Waals surface area contributed by atoms with Gasteiger partial charge in [0, 0.05) is 4.83 Å². The molecule has 1 fully saturated rings. The molecule has 0 aliphatic heterocycles. The molecule has 1 aromatic carbocycles. The molecule has 0 radical (unpaired) electrons. The second-order valence-corrected chi connectivity index (χ2v) is 8.31. The highest BCUT2D eigenvalue weighted by atomic mass is 79.9. The largest absolute Gasteiger partial charge is 0.0887 e. The van der Waals surface area contributed by atoms with Crippen LogP contribution >= 0.6 is 15.9 Å². The molecule has 106 valence electrons. The molecule has 0 bridgehead atoms. The van der Waals surface area contributed by atoms with Crippen molar-refractivity contribution >= 4 is 15.9 Å². The summed E-state index contributed by atoms with van der Waals surface area (Å²) in [5.41, 5.74) is 4.54. The van der Waals surface area contributed by atoms with Crippen LogP contribution in [0.2, 0.25) is 0 Å². The van der Waals surface area contributed by atoms with Crippen molar-refractivity contribution in [1.82, 2.24) is 0 Å². The van der Waals surface area contributed by atoms with Crippen molar-refractivity contribution in [2.75, 3.05) is 0 Å². The Labute approximate surface area is 127 Å². The van der Waals surface area contributed by atoms with Crippen molar-refractivity contribution in [2.24, 2.45) is 11.8 Å². The molecule has 3 atom stereocenters. The molecule has 1 saturated carbocycles. The molecule has 0 amide bonds. The molecule has 1 aliphatic carbocycles. The van der Waals surface area contributed by atoms with Gasteiger partial charge in [0.15, 0.2) is 0 Å². The van der Waals surface area contributed by atoms with Gasteiger partial charge in [0.25, 0.3) is 0 Å². The standard InChI is InChI=1S/C18H27Br/c1-12-6-7-16(17(19)11-12)18(4,5)15-9-13(2)8-14(3)10-15/h8-10,12,16-17H,6-7,11H2,1-5H3. The molecule has 0 aromatic heterocycles. The van der Waals surface area contributed by atoms with Gasteiger partial charge in [0.05, 0.1) is 0 Å². The van der Waals surface area contributed by atoms with Gasteiger partial charge in [-0.05, 0) is 49.5 Å². The van der Waals surface area contributed by atoms with Crippen LogP contribution in [0.15, 0.2) is 18.2 Å². The molecule has 2 rings (SSSR count). The van der Waals surface area contributed by atoms with Crippen LogP contribution in [0.1, 0.15) is 56.7 Å². The monoisotopic (exact) mass is 322 g/mol. The van der Waals surface area contributed by atoms with E-state index in [9.17, 15) is 0 Å². The molecule has 0 heterocycles. The van der Waals surface area contributed by atoms with E-state index < -0.39 is 0 Å². The van der Waals surface area contributed by atoms with Crippen LogP contribution in [-0.4, -0.2) is 4.83 Å². The SMILES string of the molecule is Cc1cc(C)cc(C(C)(C)C2CCC(C)CC2Br)c1. The summed E-state index contributed by atoms with van der Waals surface area (Å²) >= 11 is 3.97. The Morgan fingerprint density at radius 2 is 1.63 bits per heavy atom. The number of rotatable bonds is 2. The fraction of sp³-hybridized carbons (Fsp3) is 0.667. The molecule has 1 aromatic rings. The summed E-state index contributed by atoms with van der Waals surface area (Å²) in [6.45, 7) is 11.7. The number of hydrogen-bond donors (Lipinski definition) is 0. The molecule has 3 unspecified atom stereocenters. The molecule has 1 heteroatoms. The van der Waals surface area contributed by atoms with Gasteiger partial charge in [-0.25, -0.2) is 0 Å². The van der Waals surface area contributed by atoms with Crippen LogP contribution in [0.5, 0.6) is 0 Å². The van der Waals surface area contributed by atoms with E-state index in [1.165, 1.54) is 36.0 Å². The highest BCUT2D eigenvalue weighted by molar-refractivity contribution is 9.09. The van der Waals surface area contributed by atoms with Crippen molar-refractivity contribution in [1.29, 1.82) is 0 Å². The lowest BCUT2D eigenvalue weighted by Crippen LogP contribution is -2.38. The van der Waals surface area contributed by atoms with Crippen molar-refractivity contribution in [2.45, 2.75) is 64.1 Å². The minimum atomic E-state index is 0.255. The minimum absolute atomic E-state index is 0.255. The van der Waals surface area contributed by atoms with Crippen molar-refractivity contribution in [3.8, 4) is 0 Å². The molecular weight excluding hydrogens is 296 g/mol.